The molecule has 1 aliphatic carbocycles. The maximum Gasteiger partial charge on any atom is 0.0682 e. The van der Waals surface area contributed by atoms with Crippen molar-refractivity contribution in [3.8, 4) is 0 Å². The zero-order valence-corrected chi connectivity index (χ0v) is 12.5. The van der Waals surface area contributed by atoms with E-state index in [4.69, 9.17) is 0 Å². The van der Waals surface area contributed by atoms with E-state index in [2.05, 4.69) is 35.2 Å². The predicted octanol–water partition coefficient (Wildman–Crippen LogP) is 3.09. The molecule has 20 heavy (non-hydrogen) atoms. The summed E-state index contributed by atoms with van der Waals surface area (Å²) in [6.07, 6.45) is 8.77. The zero-order chi connectivity index (χ0) is 13.7. The van der Waals surface area contributed by atoms with Crippen LogP contribution in [-0.4, -0.2) is 34.3 Å². The van der Waals surface area contributed by atoms with Gasteiger partial charge in [0.15, 0.2) is 0 Å². The Bertz CT molecular complexity index is 641. The lowest BCUT2D eigenvalue weighted by atomic mass is 9.66. The molecule has 106 valence electrons. The van der Waals surface area contributed by atoms with E-state index in [1.807, 2.05) is 17.9 Å². The Morgan fingerprint density at radius 2 is 2.10 bits per heavy atom. The molecule has 1 aliphatic heterocycles. The van der Waals surface area contributed by atoms with Crippen LogP contribution >= 0.6 is 0 Å². The molecule has 1 saturated heterocycles. The molecule has 0 unspecified atom stereocenters. The molecule has 1 aromatic heterocycles. The fraction of sp³-hybridized carbons (Fsp3) is 0.588. The summed E-state index contributed by atoms with van der Waals surface area (Å²) < 4.78 is 2.01. The smallest absolute Gasteiger partial charge is 0.0682 e. The van der Waals surface area contributed by atoms with Gasteiger partial charge >= 0.3 is 0 Å². The van der Waals surface area contributed by atoms with Gasteiger partial charge in [-0.15, -0.1) is 0 Å². The molecule has 0 N–H and O–H groups in total. The second-order valence-corrected chi connectivity index (χ2v) is 6.69. The monoisotopic (exact) mass is 269 g/mol. The zero-order valence-electron chi connectivity index (χ0n) is 12.5. The number of likely N-dealkylation sites (N-methyl/N-ethyl adjacent to an activating group) is 1. The molecule has 1 saturated carbocycles. The largest absolute Gasteiger partial charge is 0.302 e. The van der Waals surface area contributed by atoms with Crippen LogP contribution in [0, 0.1) is 0 Å². The molecule has 2 fully saturated rings. The van der Waals surface area contributed by atoms with Crippen molar-refractivity contribution in [2.24, 2.45) is 7.05 Å². The van der Waals surface area contributed by atoms with Crippen LogP contribution in [0.2, 0.25) is 0 Å². The van der Waals surface area contributed by atoms with Crippen molar-refractivity contribution in [3.63, 3.8) is 0 Å². The van der Waals surface area contributed by atoms with Crippen molar-refractivity contribution in [2.45, 2.75) is 43.6 Å². The molecule has 3 nitrogen and oxygen atoms in total. The van der Waals surface area contributed by atoms with Crippen molar-refractivity contribution in [3.05, 3.63) is 30.0 Å². The summed E-state index contributed by atoms with van der Waals surface area (Å²) in [6.45, 7) is 1.24. The number of aromatic nitrogens is 2. The summed E-state index contributed by atoms with van der Waals surface area (Å²) in [7, 11) is 4.35. The quantitative estimate of drug-likeness (QED) is 0.793. The van der Waals surface area contributed by atoms with E-state index >= 15 is 0 Å². The highest BCUT2D eigenvalue weighted by molar-refractivity contribution is 5.79. The van der Waals surface area contributed by atoms with Gasteiger partial charge < -0.3 is 4.90 Å². The molecule has 2 heterocycles. The number of likely N-dealkylation sites (tertiary alicyclic amines) is 1. The Morgan fingerprint density at radius 3 is 3.00 bits per heavy atom. The maximum atomic E-state index is 4.39. The van der Waals surface area contributed by atoms with Gasteiger partial charge in [0, 0.05) is 23.9 Å². The molecule has 2 aliphatic rings. The van der Waals surface area contributed by atoms with Crippen molar-refractivity contribution in [2.75, 3.05) is 13.6 Å². The molecule has 0 amide bonds. The number of benzene rings is 1. The minimum Gasteiger partial charge on any atom is -0.302 e. The van der Waals surface area contributed by atoms with Gasteiger partial charge in [-0.2, -0.15) is 5.10 Å². The average Bonchev–Trinajstić information content (AvgIpc) is 3.02. The van der Waals surface area contributed by atoms with Gasteiger partial charge in [-0.3, -0.25) is 4.68 Å². The van der Waals surface area contributed by atoms with Crippen LogP contribution in [0.1, 0.15) is 37.7 Å². The van der Waals surface area contributed by atoms with E-state index in [9.17, 15) is 0 Å². The molecule has 0 bridgehead atoms. The SMILES string of the molecule is CN1CC[C@@]2(c3ccc4cnn(C)c4c3)CCCC[C@@H]12. The Kier molecular flexibility index (Phi) is 2.68. The summed E-state index contributed by atoms with van der Waals surface area (Å²) in [5.74, 6) is 0. The first-order valence-electron chi connectivity index (χ1n) is 7.83. The lowest BCUT2D eigenvalue weighted by Gasteiger charge is -2.41. The Balaban J connectivity index is 1.85. The first kappa shape index (κ1) is 12.4. The first-order valence-corrected chi connectivity index (χ1v) is 7.83. The van der Waals surface area contributed by atoms with Crippen molar-refractivity contribution in [1.29, 1.82) is 0 Å². The molecule has 3 heteroatoms. The number of nitrogens with zero attached hydrogens (tertiary/aromatic N) is 3. The summed E-state index contributed by atoms with van der Waals surface area (Å²) in [6, 6.07) is 7.76. The minimum absolute atomic E-state index is 0.394. The van der Waals surface area contributed by atoms with E-state index in [0.29, 0.717) is 5.41 Å². The fourth-order valence-electron chi connectivity index (χ4n) is 4.62. The second-order valence-electron chi connectivity index (χ2n) is 6.69. The highest BCUT2D eigenvalue weighted by Gasteiger charge is 2.48. The van der Waals surface area contributed by atoms with Gasteiger partial charge in [0.25, 0.3) is 0 Å². The maximum absolute atomic E-state index is 4.39. The molecule has 2 atom stereocenters. The van der Waals surface area contributed by atoms with Crippen LogP contribution in [0.3, 0.4) is 0 Å². The van der Waals surface area contributed by atoms with Crippen LogP contribution in [0.25, 0.3) is 10.9 Å². The Morgan fingerprint density at radius 1 is 1.20 bits per heavy atom. The molecule has 0 radical (unpaired) electrons. The van der Waals surface area contributed by atoms with E-state index in [1.54, 1.807) is 5.56 Å². The molecule has 2 aromatic rings. The molecule has 4 rings (SSSR count). The Hall–Kier alpha value is -1.35. The predicted molar refractivity (Wildman–Crippen MR) is 81.9 cm³/mol. The molecular formula is C17H23N3. The van der Waals surface area contributed by atoms with Gasteiger partial charge in [-0.1, -0.05) is 25.0 Å². The van der Waals surface area contributed by atoms with Crippen molar-refractivity contribution in [1.82, 2.24) is 14.7 Å². The lowest BCUT2D eigenvalue weighted by molar-refractivity contribution is 0.182. The van der Waals surface area contributed by atoms with Gasteiger partial charge in [-0.25, -0.2) is 0 Å². The average molecular weight is 269 g/mol. The molecule has 0 spiro atoms. The van der Waals surface area contributed by atoms with Gasteiger partial charge in [0.05, 0.1) is 11.7 Å². The number of hydrogen-bond donors (Lipinski definition) is 0. The third-order valence-electron chi connectivity index (χ3n) is 5.76. The second kappa shape index (κ2) is 4.32. The first-order chi connectivity index (χ1) is 9.71. The van der Waals surface area contributed by atoms with Crippen LogP contribution in [0.15, 0.2) is 24.4 Å². The fourth-order valence-corrected chi connectivity index (χ4v) is 4.62. The highest BCUT2D eigenvalue weighted by atomic mass is 15.2. The van der Waals surface area contributed by atoms with Gasteiger partial charge in [0.2, 0.25) is 0 Å². The highest BCUT2D eigenvalue weighted by Crippen LogP contribution is 2.48. The van der Waals surface area contributed by atoms with E-state index < -0.39 is 0 Å². The van der Waals surface area contributed by atoms with Crippen LogP contribution in [0.4, 0.5) is 0 Å². The number of aryl methyl sites for hydroxylation is 1. The number of fused-ring (bicyclic) bond motifs is 2. The molecule has 1 aromatic carbocycles. The number of rotatable bonds is 1. The summed E-state index contributed by atoms with van der Waals surface area (Å²) in [4.78, 5) is 2.59. The number of hydrogen-bond acceptors (Lipinski definition) is 2. The van der Waals surface area contributed by atoms with E-state index in [-0.39, 0.29) is 0 Å². The van der Waals surface area contributed by atoms with Crippen molar-refractivity contribution < 1.29 is 0 Å². The van der Waals surface area contributed by atoms with E-state index in [1.165, 1.54) is 49.6 Å². The van der Waals surface area contributed by atoms with Gasteiger partial charge in [-0.05, 0) is 44.5 Å². The third kappa shape index (κ3) is 1.59. The van der Waals surface area contributed by atoms with Gasteiger partial charge in [0.1, 0.15) is 0 Å². The third-order valence-corrected chi connectivity index (χ3v) is 5.76. The topological polar surface area (TPSA) is 21.1 Å². The van der Waals surface area contributed by atoms with Crippen LogP contribution in [0.5, 0.6) is 0 Å². The normalized spacial score (nSPS) is 30.8. The van der Waals surface area contributed by atoms with Crippen molar-refractivity contribution >= 4 is 10.9 Å². The van der Waals surface area contributed by atoms with E-state index in [0.717, 1.165) is 6.04 Å². The molecular weight excluding hydrogens is 246 g/mol. The van der Waals surface area contributed by atoms with Crippen LogP contribution in [-0.2, 0) is 12.5 Å². The summed E-state index contributed by atoms with van der Waals surface area (Å²) >= 11 is 0. The standard InChI is InChI=1S/C17H23N3/c1-19-10-9-17(8-4-3-5-16(17)19)14-7-6-13-12-18-20(2)15(13)11-14/h6-7,11-12,16H,3-5,8-10H2,1-2H3/t16-,17-/m1/s1. The Labute approximate surface area is 120 Å². The minimum atomic E-state index is 0.394. The lowest BCUT2D eigenvalue weighted by Crippen LogP contribution is -2.43. The van der Waals surface area contributed by atoms with Crippen LogP contribution < -0.4 is 0 Å². The summed E-state index contributed by atoms with van der Waals surface area (Å²) in [5.41, 5.74) is 3.21. The summed E-state index contributed by atoms with van der Waals surface area (Å²) in [5, 5.41) is 5.64.